The molecule has 0 aromatic carbocycles. The SMILES string of the molecule is CC1(NC(=O)C2(C)CCCCN2)CCC1. The highest BCUT2D eigenvalue weighted by Crippen LogP contribution is 2.32. The number of carbonyl (C=O) groups excluding carboxylic acids is 1. The summed E-state index contributed by atoms with van der Waals surface area (Å²) >= 11 is 0. The second-order valence-corrected chi connectivity index (χ2v) is 5.58. The lowest BCUT2D eigenvalue weighted by Crippen LogP contribution is -2.62. The Hall–Kier alpha value is -0.570. The summed E-state index contributed by atoms with van der Waals surface area (Å²) in [4.78, 5) is 12.2. The fourth-order valence-electron chi connectivity index (χ4n) is 2.49. The fourth-order valence-corrected chi connectivity index (χ4v) is 2.49. The van der Waals surface area contributed by atoms with Gasteiger partial charge in [0.05, 0.1) is 5.54 Å². The lowest BCUT2D eigenvalue weighted by molar-refractivity contribution is -0.130. The zero-order valence-corrected chi connectivity index (χ0v) is 9.86. The summed E-state index contributed by atoms with van der Waals surface area (Å²) in [5, 5.41) is 6.56. The lowest BCUT2D eigenvalue weighted by atomic mass is 9.77. The molecule has 1 aliphatic carbocycles. The third-order valence-corrected chi connectivity index (χ3v) is 3.99. The molecule has 1 amide bonds. The molecule has 0 aromatic rings. The molecular formula is C12H22N2O. The van der Waals surface area contributed by atoms with E-state index in [-0.39, 0.29) is 17.0 Å². The van der Waals surface area contributed by atoms with Gasteiger partial charge in [-0.15, -0.1) is 0 Å². The van der Waals surface area contributed by atoms with Crippen molar-refractivity contribution in [2.24, 2.45) is 0 Å². The molecular weight excluding hydrogens is 188 g/mol. The van der Waals surface area contributed by atoms with Crippen molar-refractivity contribution in [3.63, 3.8) is 0 Å². The molecule has 0 spiro atoms. The van der Waals surface area contributed by atoms with E-state index < -0.39 is 0 Å². The summed E-state index contributed by atoms with van der Waals surface area (Å²) in [7, 11) is 0. The molecule has 3 nitrogen and oxygen atoms in total. The number of rotatable bonds is 2. The van der Waals surface area contributed by atoms with Gasteiger partial charge in [-0.05, 0) is 58.9 Å². The molecule has 2 aliphatic rings. The third kappa shape index (κ3) is 2.17. The van der Waals surface area contributed by atoms with E-state index in [1.54, 1.807) is 0 Å². The highest BCUT2D eigenvalue weighted by Gasteiger charge is 2.40. The van der Waals surface area contributed by atoms with Crippen molar-refractivity contribution in [2.75, 3.05) is 6.54 Å². The van der Waals surface area contributed by atoms with Crippen LogP contribution in [0.15, 0.2) is 0 Å². The van der Waals surface area contributed by atoms with E-state index in [1.807, 2.05) is 6.92 Å². The van der Waals surface area contributed by atoms with Gasteiger partial charge >= 0.3 is 0 Å². The Morgan fingerprint density at radius 2 is 1.87 bits per heavy atom. The van der Waals surface area contributed by atoms with E-state index in [9.17, 15) is 4.79 Å². The van der Waals surface area contributed by atoms with Gasteiger partial charge in [-0.2, -0.15) is 0 Å². The molecule has 1 saturated heterocycles. The van der Waals surface area contributed by atoms with E-state index in [0.29, 0.717) is 0 Å². The highest BCUT2D eigenvalue weighted by molar-refractivity contribution is 5.86. The minimum Gasteiger partial charge on any atom is -0.349 e. The minimum absolute atomic E-state index is 0.0826. The van der Waals surface area contributed by atoms with Gasteiger partial charge in [-0.3, -0.25) is 4.79 Å². The highest BCUT2D eigenvalue weighted by atomic mass is 16.2. The molecule has 1 heterocycles. The maximum atomic E-state index is 12.2. The smallest absolute Gasteiger partial charge is 0.240 e. The molecule has 1 atom stereocenters. The third-order valence-electron chi connectivity index (χ3n) is 3.99. The Balaban J connectivity index is 1.94. The van der Waals surface area contributed by atoms with Gasteiger partial charge in [0.2, 0.25) is 5.91 Å². The van der Waals surface area contributed by atoms with Crippen LogP contribution < -0.4 is 10.6 Å². The predicted octanol–water partition coefficient (Wildman–Crippen LogP) is 1.58. The lowest BCUT2D eigenvalue weighted by Gasteiger charge is -2.43. The molecule has 3 heteroatoms. The zero-order chi connectivity index (χ0) is 10.9. The van der Waals surface area contributed by atoms with Gasteiger partial charge in [-0.25, -0.2) is 0 Å². The van der Waals surface area contributed by atoms with Crippen LogP contribution in [0.5, 0.6) is 0 Å². The number of piperidine rings is 1. The number of amides is 1. The first-order valence-electron chi connectivity index (χ1n) is 6.12. The summed E-state index contributed by atoms with van der Waals surface area (Å²) in [5.74, 6) is 0.199. The first kappa shape index (κ1) is 10.9. The van der Waals surface area contributed by atoms with Crippen LogP contribution in [0, 0.1) is 0 Å². The molecule has 1 saturated carbocycles. The topological polar surface area (TPSA) is 41.1 Å². The van der Waals surface area contributed by atoms with E-state index in [1.165, 1.54) is 12.8 Å². The van der Waals surface area contributed by atoms with Crippen LogP contribution in [0.3, 0.4) is 0 Å². The van der Waals surface area contributed by atoms with Crippen LogP contribution in [0.1, 0.15) is 52.4 Å². The van der Waals surface area contributed by atoms with E-state index in [0.717, 1.165) is 32.2 Å². The van der Waals surface area contributed by atoms with Crippen molar-refractivity contribution in [3.8, 4) is 0 Å². The van der Waals surface area contributed by atoms with Gasteiger partial charge in [0.15, 0.2) is 0 Å². The molecule has 86 valence electrons. The maximum absolute atomic E-state index is 12.2. The zero-order valence-electron chi connectivity index (χ0n) is 9.86. The Kier molecular flexibility index (Phi) is 2.75. The summed E-state index contributed by atoms with van der Waals surface area (Å²) in [6.45, 7) is 5.16. The molecule has 2 N–H and O–H groups in total. The first-order chi connectivity index (χ1) is 7.04. The van der Waals surface area contributed by atoms with Crippen molar-refractivity contribution in [1.29, 1.82) is 0 Å². The summed E-state index contributed by atoms with van der Waals surface area (Å²) in [6.07, 6.45) is 6.84. The number of hydrogen-bond donors (Lipinski definition) is 2. The van der Waals surface area contributed by atoms with Crippen LogP contribution in [0.4, 0.5) is 0 Å². The number of hydrogen-bond acceptors (Lipinski definition) is 2. The van der Waals surface area contributed by atoms with Gasteiger partial charge in [0.25, 0.3) is 0 Å². The second-order valence-electron chi connectivity index (χ2n) is 5.58. The van der Waals surface area contributed by atoms with Crippen molar-refractivity contribution >= 4 is 5.91 Å². The number of carbonyl (C=O) groups is 1. The van der Waals surface area contributed by atoms with Gasteiger partial charge in [-0.1, -0.05) is 0 Å². The van der Waals surface area contributed by atoms with Crippen molar-refractivity contribution in [3.05, 3.63) is 0 Å². The van der Waals surface area contributed by atoms with Gasteiger partial charge < -0.3 is 10.6 Å². The van der Waals surface area contributed by atoms with E-state index in [4.69, 9.17) is 0 Å². The number of nitrogens with one attached hydrogen (secondary N) is 2. The maximum Gasteiger partial charge on any atom is 0.240 e. The molecule has 0 radical (unpaired) electrons. The van der Waals surface area contributed by atoms with Crippen LogP contribution in [0.2, 0.25) is 0 Å². The quantitative estimate of drug-likeness (QED) is 0.726. The Labute approximate surface area is 92.0 Å². The van der Waals surface area contributed by atoms with Crippen molar-refractivity contribution in [1.82, 2.24) is 10.6 Å². The Bertz CT molecular complexity index is 252. The Morgan fingerprint density at radius 1 is 1.13 bits per heavy atom. The minimum atomic E-state index is -0.323. The average molecular weight is 210 g/mol. The van der Waals surface area contributed by atoms with Crippen LogP contribution >= 0.6 is 0 Å². The van der Waals surface area contributed by atoms with Crippen LogP contribution in [0.25, 0.3) is 0 Å². The summed E-state index contributed by atoms with van der Waals surface area (Å²) in [6, 6.07) is 0. The molecule has 1 aliphatic heterocycles. The largest absolute Gasteiger partial charge is 0.349 e. The van der Waals surface area contributed by atoms with Gasteiger partial charge in [0, 0.05) is 5.54 Å². The van der Waals surface area contributed by atoms with Crippen LogP contribution in [-0.2, 0) is 4.79 Å². The Morgan fingerprint density at radius 3 is 2.33 bits per heavy atom. The average Bonchev–Trinajstić information content (AvgIpc) is 2.16. The fraction of sp³-hybridized carbons (Fsp3) is 0.917. The van der Waals surface area contributed by atoms with E-state index in [2.05, 4.69) is 17.6 Å². The standard InChI is InChI=1S/C12H22N2O/c1-11(6-5-7-11)14-10(15)12(2)8-3-4-9-13-12/h13H,3-9H2,1-2H3,(H,14,15). The monoisotopic (exact) mass is 210 g/mol. The van der Waals surface area contributed by atoms with Crippen molar-refractivity contribution in [2.45, 2.75) is 63.5 Å². The van der Waals surface area contributed by atoms with Crippen LogP contribution in [-0.4, -0.2) is 23.5 Å². The summed E-state index contributed by atoms with van der Waals surface area (Å²) < 4.78 is 0. The molecule has 1 unspecified atom stereocenters. The molecule has 2 fully saturated rings. The second kappa shape index (κ2) is 3.78. The molecule has 15 heavy (non-hydrogen) atoms. The predicted molar refractivity (Wildman–Crippen MR) is 60.7 cm³/mol. The normalized spacial score (nSPS) is 34.3. The molecule has 0 bridgehead atoms. The first-order valence-corrected chi connectivity index (χ1v) is 6.12. The van der Waals surface area contributed by atoms with Crippen molar-refractivity contribution < 1.29 is 4.79 Å². The van der Waals surface area contributed by atoms with Gasteiger partial charge in [0.1, 0.15) is 0 Å². The van der Waals surface area contributed by atoms with E-state index >= 15 is 0 Å². The molecule has 2 rings (SSSR count). The molecule has 0 aromatic heterocycles. The summed E-state index contributed by atoms with van der Waals surface area (Å²) in [5.41, 5.74) is -0.240.